The van der Waals surface area contributed by atoms with Gasteiger partial charge in [-0.25, -0.2) is 0 Å². The number of nitrogens with zero attached hydrogens (tertiary/aromatic N) is 3. The second-order valence-corrected chi connectivity index (χ2v) is 6.61. The second kappa shape index (κ2) is 11.2. The molecule has 0 saturated carbocycles. The highest BCUT2D eigenvalue weighted by atomic mass is 127. The summed E-state index contributed by atoms with van der Waals surface area (Å²) in [4.78, 5) is 4.66. The van der Waals surface area contributed by atoms with Crippen LogP contribution in [0.2, 0.25) is 0 Å². The number of hydrogen-bond acceptors (Lipinski definition) is 3. The van der Waals surface area contributed by atoms with Crippen molar-refractivity contribution in [2.24, 2.45) is 4.99 Å². The molecule has 3 rings (SSSR count). The van der Waals surface area contributed by atoms with Gasteiger partial charge in [0.25, 0.3) is 0 Å². The highest BCUT2D eigenvalue weighted by molar-refractivity contribution is 14.0. The summed E-state index contributed by atoms with van der Waals surface area (Å²) in [6.45, 7) is 8.36. The molecular formula is C20H30IN5O. The Kier molecular flexibility index (Phi) is 8.90. The van der Waals surface area contributed by atoms with Gasteiger partial charge < -0.3 is 15.4 Å². The SMILES string of the molecule is CCNC(=NCCCn1cc(C)cn1)NCCc1ccc2c(c1)CCO2.I. The van der Waals surface area contributed by atoms with Crippen molar-refractivity contribution in [1.29, 1.82) is 0 Å². The third-order valence-corrected chi connectivity index (χ3v) is 4.38. The molecule has 1 aromatic heterocycles. The number of halogens is 1. The molecule has 6 nitrogen and oxygen atoms in total. The van der Waals surface area contributed by atoms with Crippen molar-refractivity contribution in [3.8, 4) is 5.75 Å². The maximum atomic E-state index is 5.57. The first kappa shape index (κ1) is 21.5. The van der Waals surface area contributed by atoms with Crippen LogP contribution >= 0.6 is 24.0 Å². The van der Waals surface area contributed by atoms with E-state index in [0.29, 0.717) is 0 Å². The molecule has 148 valence electrons. The topological polar surface area (TPSA) is 63.5 Å². The molecule has 0 radical (unpaired) electrons. The first-order valence-corrected chi connectivity index (χ1v) is 9.50. The zero-order valence-corrected chi connectivity index (χ0v) is 18.5. The van der Waals surface area contributed by atoms with Gasteiger partial charge in [0, 0.05) is 38.8 Å². The van der Waals surface area contributed by atoms with E-state index in [-0.39, 0.29) is 24.0 Å². The van der Waals surface area contributed by atoms with Gasteiger partial charge in [0.1, 0.15) is 5.75 Å². The van der Waals surface area contributed by atoms with Crippen molar-refractivity contribution in [3.63, 3.8) is 0 Å². The smallest absolute Gasteiger partial charge is 0.191 e. The molecule has 0 fully saturated rings. The first-order chi connectivity index (χ1) is 12.7. The largest absolute Gasteiger partial charge is 0.493 e. The Morgan fingerprint density at radius 2 is 2.22 bits per heavy atom. The van der Waals surface area contributed by atoms with Crippen LogP contribution in [0.25, 0.3) is 0 Å². The zero-order chi connectivity index (χ0) is 18.2. The van der Waals surface area contributed by atoms with Crippen LogP contribution in [0, 0.1) is 6.92 Å². The van der Waals surface area contributed by atoms with Crippen LogP contribution in [0.1, 0.15) is 30.0 Å². The molecule has 1 aliphatic heterocycles. The Morgan fingerprint density at radius 3 is 3.00 bits per heavy atom. The van der Waals surface area contributed by atoms with Gasteiger partial charge in [0.15, 0.2) is 5.96 Å². The third-order valence-electron chi connectivity index (χ3n) is 4.38. The van der Waals surface area contributed by atoms with Gasteiger partial charge in [-0.2, -0.15) is 5.10 Å². The van der Waals surface area contributed by atoms with E-state index in [1.54, 1.807) is 0 Å². The van der Waals surface area contributed by atoms with Gasteiger partial charge in [0.2, 0.25) is 0 Å². The van der Waals surface area contributed by atoms with Crippen LogP contribution in [-0.2, 0) is 19.4 Å². The lowest BCUT2D eigenvalue weighted by Gasteiger charge is -2.11. The van der Waals surface area contributed by atoms with E-state index >= 15 is 0 Å². The van der Waals surface area contributed by atoms with Crippen LogP contribution in [0.5, 0.6) is 5.75 Å². The number of aryl methyl sites for hydroxylation is 2. The Hall–Kier alpha value is -1.77. The van der Waals surface area contributed by atoms with Crippen molar-refractivity contribution in [2.45, 2.75) is 39.7 Å². The van der Waals surface area contributed by atoms with Gasteiger partial charge in [0.05, 0.1) is 12.8 Å². The molecule has 0 aliphatic carbocycles. The number of ether oxygens (including phenoxy) is 1. The Labute approximate surface area is 178 Å². The third kappa shape index (κ3) is 6.71. The lowest BCUT2D eigenvalue weighted by Crippen LogP contribution is -2.38. The standard InChI is InChI=1S/C20H29N5O.HI/c1-3-21-20(22-9-4-11-25-15-16(2)14-24-25)23-10-7-17-5-6-19-18(13-17)8-12-26-19;/h5-6,13-15H,3-4,7-12H2,1-2H3,(H2,21,22,23);1H. The highest BCUT2D eigenvalue weighted by Crippen LogP contribution is 2.25. The summed E-state index contributed by atoms with van der Waals surface area (Å²) >= 11 is 0. The minimum atomic E-state index is 0. The van der Waals surface area contributed by atoms with Crippen LogP contribution < -0.4 is 15.4 Å². The molecule has 0 unspecified atom stereocenters. The zero-order valence-electron chi connectivity index (χ0n) is 16.2. The molecule has 0 spiro atoms. The molecule has 2 N–H and O–H groups in total. The summed E-state index contributed by atoms with van der Waals surface area (Å²) in [6, 6.07) is 6.51. The molecule has 2 heterocycles. The number of benzene rings is 1. The summed E-state index contributed by atoms with van der Waals surface area (Å²) in [5.74, 6) is 1.93. The minimum Gasteiger partial charge on any atom is -0.493 e. The average Bonchev–Trinajstić information content (AvgIpc) is 3.27. The van der Waals surface area contributed by atoms with E-state index < -0.39 is 0 Å². The molecule has 0 saturated heterocycles. The van der Waals surface area contributed by atoms with Gasteiger partial charge in [-0.15, -0.1) is 24.0 Å². The van der Waals surface area contributed by atoms with Crippen molar-refractivity contribution in [3.05, 3.63) is 47.3 Å². The molecule has 0 amide bonds. The fourth-order valence-electron chi connectivity index (χ4n) is 3.08. The molecular weight excluding hydrogens is 453 g/mol. The molecule has 7 heteroatoms. The van der Waals surface area contributed by atoms with E-state index in [1.165, 1.54) is 16.7 Å². The van der Waals surface area contributed by atoms with E-state index in [4.69, 9.17) is 4.74 Å². The maximum Gasteiger partial charge on any atom is 0.191 e. The van der Waals surface area contributed by atoms with Crippen LogP contribution in [0.15, 0.2) is 35.6 Å². The van der Waals surface area contributed by atoms with Crippen molar-refractivity contribution in [1.82, 2.24) is 20.4 Å². The number of aromatic nitrogens is 2. The summed E-state index contributed by atoms with van der Waals surface area (Å²) in [5.41, 5.74) is 3.87. The second-order valence-electron chi connectivity index (χ2n) is 6.61. The maximum absolute atomic E-state index is 5.57. The fourth-order valence-corrected chi connectivity index (χ4v) is 3.08. The predicted molar refractivity (Wildman–Crippen MR) is 120 cm³/mol. The Bertz CT molecular complexity index is 744. The van der Waals surface area contributed by atoms with E-state index in [1.807, 2.05) is 10.9 Å². The van der Waals surface area contributed by atoms with Gasteiger partial charge >= 0.3 is 0 Å². The normalized spacial score (nSPS) is 12.9. The molecule has 2 aromatic rings. The first-order valence-electron chi connectivity index (χ1n) is 9.50. The molecule has 27 heavy (non-hydrogen) atoms. The van der Waals surface area contributed by atoms with Gasteiger partial charge in [-0.3, -0.25) is 9.67 Å². The van der Waals surface area contributed by atoms with E-state index in [0.717, 1.165) is 63.8 Å². The van der Waals surface area contributed by atoms with Crippen molar-refractivity contribution in [2.75, 3.05) is 26.2 Å². The summed E-state index contributed by atoms with van der Waals surface area (Å²) in [7, 11) is 0. The van der Waals surface area contributed by atoms with Crippen LogP contribution in [0.4, 0.5) is 0 Å². The molecule has 0 bridgehead atoms. The number of fused-ring (bicyclic) bond motifs is 1. The summed E-state index contributed by atoms with van der Waals surface area (Å²) < 4.78 is 7.54. The minimum absolute atomic E-state index is 0. The lowest BCUT2D eigenvalue weighted by molar-refractivity contribution is 0.357. The van der Waals surface area contributed by atoms with Crippen molar-refractivity contribution >= 4 is 29.9 Å². The average molecular weight is 483 g/mol. The summed E-state index contributed by atoms with van der Waals surface area (Å²) in [5, 5.41) is 11.0. The van der Waals surface area contributed by atoms with Crippen LogP contribution in [-0.4, -0.2) is 42.0 Å². The van der Waals surface area contributed by atoms with Crippen LogP contribution in [0.3, 0.4) is 0 Å². The van der Waals surface area contributed by atoms with Gasteiger partial charge in [-0.05, 0) is 49.4 Å². The number of aliphatic imine (C=N–C) groups is 1. The number of guanidine groups is 1. The Balaban J connectivity index is 0.00000261. The molecule has 1 aromatic carbocycles. The number of rotatable bonds is 8. The number of nitrogens with one attached hydrogen (secondary N) is 2. The Morgan fingerprint density at radius 1 is 1.33 bits per heavy atom. The van der Waals surface area contributed by atoms with E-state index in [9.17, 15) is 0 Å². The predicted octanol–water partition coefficient (Wildman–Crippen LogP) is 2.93. The number of hydrogen-bond donors (Lipinski definition) is 2. The molecule has 1 aliphatic rings. The molecule has 0 atom stereocenters. The van der Waals surface area contributed by atoms with Crippen molar-refractivity contribution < 1.29 is 4.74 Å². The van der Waals surface area contributed by atoms with Gasteiger partial charge in [-0.1, -0.05) is 12.1 Å². The quantitative estimate of drug-likeness (QED) is 0.262. The summed E-state index contributed by atoms with van der Waals surface area (Å²) in [6.07, 6.45) is 6.93. The lowest BCUT2D eigenvalue weighted by atomic mass is 10.1. The monoisotopic (exact) mass is 483 g/mol. The van der Waals surface area contributed by atoms with E-state index in [2.05, 4.69) is 59.0 Å². The highest BCUT2D eigenvalue weighted by Gasteiger charge is 2.11. The fraction of sp³-hybridized carbons (Fsp3) is 0.500.